The first-order chi connectivity index (χ1) is 16.5. The molecule has 4 aliphatic heterocycles. The summed E-state index contributed by atoms with van der Waals surface area (Å²) in [6, 6.07) is 3.12. The number of hydrogen-bond donors (Lipinski definition) is 1. The van der Waals surface area contributed by atoms with E-state index in [1.165, 1.54) is 13.2 Å². The molecule has 34 heavy (non-hydrogen) atoms. The van der Waals surface area contributed by atoms with Crippen LogP contribution in [0.3, 0.4) is 0 Å². The predicted molar refractivity (Wildman–Crippen MR) is 122 cm³/mol. The topological polar surface area (TPSA) is 78.5 Å². The maximum Gasteiger partial charge on any atom is 0.293 e. The maximum absolute atomic E-state index is 14.8. The van der Waals surface area contributed by atoms with E-state index < -0.39 is 17.1 Å². The molecular formula is C25H33FN2O6. The highest BCUT2D eigenvalue weighted by atomic mass is 19.1. The average molecular weight is 477 g/mol. The fourth-order valence-corrected chi connectivity index (χ4v) is 6.82. The molecule has 0 unspecified atom stereocenters. The average Bonchev–Trinajstić information content (AvgIpc) is 3.17. The zero-order valence-corrected chi connectivity index (χ0v) is 20.0. The fraction of sp³-hybridized carbons (Fsp3) is 0.640. The number of methoxy groups -OCH3 is 2. The summed E-state index contributed by atoms with van der Waals surface area (Å²) < 4.78 is 44.1. The highest BCUT2D eigenvalue weighted by Gasteiger charge is 2.70. The van der Waals surface area contributed by atoms with Gasteiger partial charge in [-0.2, -0.15) is 0 Å². The fourth-order valence-electron chi connectivity index (χ4n) is 6.82. The number of benzene rings is 1. The van der Waals surface area contributed by atoms with Gasteiger partial charge in [-0.05, 0) is 36.8 Å². The van der Waals surface area contributed by atoms with Crippen LogP contribution < -0.4 is 10.1 Å². The Morgan fingerprint density at radius 3 is 2.88 bits per heavy atom. The van der Waals surface area contributed by atoms with Crippen molar-refractivity contribution in [1.29, 1.82) is 0 Å². The van der Waals surface area contributed by atoms with Gasteiger partial charge in [0.2, 0.25) is 0 Å². The minimum atomic E-state index is -0.881. The molecule has 4 heterocycles. The van der Waals surface area contributed by atoms with Crippen LogP contribution in [0.5, 0.6) is 5.75 Å². The molecule has 0 spiro atoms. The summed E-state index contributed by atoms with van der Waals surface area (Å²) in [5.41, 5.74) is 0.703. The van der Waals surface area contributed by atoms with Gasteiger partial charge in [0.1, 0.15) is 12.2 Å². The molecule has 8 nitrogen and oxygen atoms in total. The van der Waals surface area contributed by atoms with Gasteiger partial charge in [-0.25, -0.2) is 4.39 Å². The molecule has 9 heteroatoms. The van der Waals surface area contributed by atoms with Crippen molar-refractivity contribution in [3.8, 4) is 5.75 Å². The van der Waals surface area contributed by atoms with E-state index in [1.807, 2.05) is 0 Å². The molecule has 186 valence electrons. The van der Waals surface area contributed by atoms with E-state index in [1.54, 1.807) is 19.4 Å². The Balaban J connectivity index is 1.58. The van der Waals surface area contributed by atoms with Gasteiger partial charge in [0.05, 0.1) is 45.3 Å². The van der Waals surface area contributed by atoms with Gasteiger partial charge >= 0.3 is 0 Å². The van der Waals surface area contributed by atoms with Crippen LogP contribution in [-0.4, -0.2) is 70.3 Å². The summed E-state index contributed by atoms with van der Waals surface area (Å²) in [4.78, 5) is 13.4. The third-order valence-corrected chi connectivity index (χ3v) is 8.16. The second-order valence-corrected chi connectivity index (χ2v) is 9.49. The maximum atomic E-state index is 14.8. The lowest BCUT2D eigenvalue weighted by Crippen LogP contribution is -2.75. The van der Waals surface area contributed by atoms with Crippen LogP contribution in [0.4, 0.5) is 10.1 Å². The lowest BCUT2D eigenvalue weighted by molar-refractivity contribution is -0.297. The molecule has 0 amide bonds. The van der Waals surface area contributed by atoms with Crippen LogP contribution in [0.1, 0.15) is 31.7 Å². The number of nitrogens with one attached hydrogen (secondary N) is 1. The first-order valence-corrected chi connectivity index (χ1v) is 12.0. The standard InChI is InChI=1S/C25H33FN2O6/c1-4-16-12-28-8-7-24-22-20(6-5-19(26)23(22)31-3)27-25(24,34-10-9-33-24)21(28)11-18(16)17(13-30-2)14-32-15-29/h5-6,13,15-16,18,21,27H,4,7-12,14H2,1-3H3/b17-13-/t16-,18+,21+,24+,25+/m1/s1. The van der Waals surface area contributed by atoms with Gasteiger partial charge in [0.25, 0.3) is 6.47 Å². The minimum Gasteiger partial charge on any atom is -0.504 e. The lowest BCUT2D eigenvalue weighted by Gasteiger charge is -2.61. The summed E-state index contributed by atoms with van der Waals surface area (Å²) in [6.07, 6.45) is 4.11. The first kappa shape index (κ1) is 23.4. The predicted octanol–water partition coefficient (Wildman–Crippen LogP) is 3.02. The van der Waals surface area contributed by atoms with Crippen LogP contribution in [-0.2, 0) is 29.3 Å². The number of ether oxygens (including phenoxy) is 5. The van der Waals surface area contributed by atoms with Crippen LogP contribution >= 0.6 is 0 Å². The highest BCUT2D eigenvalue weighted by molar-refractivity contribution is 5.69. The van der Waals surface area contributed by atoms with E-state index >= 15 is 0 Å². The number of anilines is 1. The van der Waals surface area contributed by atoms with Crippen molar-refractivity contribution in [2.75, 3.05) is 52.4 Å². The number of hydrogen-bond acceptors (Lipinski definition) is 8. The van der Waals surface area contributed by atoms with E-state index in [2.05, 4.69) is 17.1 Å². The summed E-state index contributed by atoms with van der Waals surface area (Å²) in [5, 5.41) is 3.64. The molecule has 0 aliphatic carbocycles. The molecule has 1 aromatic rings. The van der Waals surface area contributed by atoms with E-state index in [9.17, 15) is 9.18 Å². The van der Waals surface area contributed by atoms with Gasteiger partial charge in [0, 0.05) is 24.4 Å². The number of fused-ring (bicyclic) bond motifs is 2. The van der Waals surface area contributed by atoms with Crippen molar-refractivity contribution in [2.24, 2.45) is 11.8 Å². The third-order valence-electron chi connectivity index (χ3n) is 8.16. The van der Waals surface area contributed by atoms with E-state index in [4.69, 9.17) is 23.7 Å². The quantitative estimate of drug-likeness (QED) is 0.475. The molecule has 5 atom stereocenters. The molecule has 1 aromatic carbocycles. The van der Waals surface area contributed by atoms with Gasteiger partial charge < -0.3 is 29.0 Å². The molecule has 3 fully saturated rings. The number of rotatable bonds is 7. The lowest BCUT2D eigenvalue weighted by atomic mass is 9.67. The van der Waals surface area contributed by atoms with Crippen molar-refractivity contribution in [1.82, 2.24) is 4.90 Å². The number of carbonyl (C=O) groups excluding carboxylic acids is 1. The van der Waals surface area contributed by atoms with Crippen molar-refractivity contribution in [3.63, 3.8) is 0 Å². The van der Waals surface area contributed by atoms with E-state index in [0.717, 1.165) is 37.2 Å². The molecule has 0 aromatic heterocycles. The summed E-state index contributed by atoms with van der Waals surface area (Å²) in [6.45, 7) is 5.39. The van der Waals surface area contributed by atoms with Crippen LogP contribution in [0.15, 0.2) is 24.0 Å². The Bertz CT molecular complexity index is 973. The Kier molecular flexibility index (Phi) is 6.20. The number of halogens is 1. The van der Waals surface area contributed by atoms with Gasteiger partial charge in [0.15, 0.2) is 17.3 Å². The van der Waals surface area contributed by atoms with Crippen molar-refractivity contribution >= 4 is 12.2 Å². The monoisotopic (exact) mass is 476 g/mol. The van der Waals surface area contributed by atoms with Crippen LogP contribution in [0.2, 0.25) is 0 Å². The molecule has 0 radical (unpaired) electrons. The van der Waals surface area contributed by atoms with Crippen LogP contribution in [0.25, 0.3) is 0 Å². The first-order valence-electron chi connectivity index (χ1n) is 12.0. The second-order valence-electron chi connectivity index (χ2n) is 9.49. The van der Waals surface area contributed by atoms with E-state index in [0.29, 0.717) is 37.6 Å². The Morgan fingerprint density at radius 1 is 1.32 bits per heavy atom. The molecule has 4 aliphatic rings. The van der Waals surface area contributed by atoms with Gasteiger partial charge in [-0.1, -0.05) is 13.3 Å². The SMILES string of the molecule is CC[C@@H]1CN2CC[C@@]34OCCO[C@@]3(Nc3ccc(F)c(OC)c34)[C@@H]2C[C@@H]1/C(=C\OC)COC=O. The van der Waals surface area contributed by atoms with Crippen molar-refractivity contribution in [2.45, 2.75) is 43.6 Å². The summed E-state index contributed by atoms with van der Waals surface area (Å²) in [5.74, 6) is 0.306. The Hall–Kier alpha value is -2.36. The zero-order valence-electron chi connectivity index (χ0n) is 20.0. The van der Waals surface area contributed by atoms with Gasteiger partial charge in [-0.3, -0.25) is 9.69 Å². The smallest absolute Gasteiger partial charge is 0.293 e. The Labute approximate surface area is 199 Å². The van der Waals surface area contributed by atoms with Crippen molar-refractivity contribution in [3.05, 3.63) is 35.3 Å². The summed E-state index contributed by atoms with van der Waals surface area (Å²) in [7, 11) is 3.10. The minimum absolute atomic E-state index is 0.0500. The zero-order chi connectivity index (χ0) is 23.9. The second kappa shape index (κ2) is 9.02. The van der Waals surface area contributed by atoms with Crippen molar-refractivity contribution < 1.29 is 32.9 Å². The number of piperidine rings is 2. The number of carbonyl (C=O) groups is 1. The number of nitrogens with zero attached hydrogens (tertiary/aromatic N) is 1. The largest absolute Gasteiger partial charge is 0.504 e. The van der Waals surface area contributed by atoms with Crippen LogP contribution in [0, 0.1) is 17.7 Å². The molecule has 0 saturated carbocycles. The van der Waals surface area contributed by atoms with E-state index in [-0.39, 0.29) is 24.3 Å². The molecule has 0 bridgehead atoms. The molecule has 1 N–H and O–H groups in total. The van der Waals surface area contributed by atoms with Gasteiger partial charge in [-0.15, -0.1) is 0 Å². The normalized spacial score (nSPS) is 34.7. The summed E-state index contributed by atoms with van der Waals surface area (Å²) >= 11 is 0. The molecule has 5 rings (SSSR count). The molecule has 3 saturated heterocycles. The molecular weight excluding hydrogens is 443 g/mol. The third kappa shape index (κ3) is 3.24. The Morgan fingerprint density at radius 2 is 2.15 bits per heavy atom. The highest BCUT2D eigenvalue weighted by Crippen LogP contribution is 2.61.